The van der Waals surface area contributed by atoms with Crippen molar-refractivity contribution in [1.29, 1.82) is 0 Å². The van der Waals surface area contributed by atoms with Crippen molar-refractivity contribution in [1.82, 2.24) is 15.8 Å². The van der Waals surface area contributed by atoms with Gasteiger partial charge in [0.15, 0.2) is 0 Å². The minimum atomic E-state index is -0.252. The molecule has 0 saturated carbocycles. The number of nitrogens with two attached hydrogens (primary N) is 1. The smallest absolute Gasteiger partial charge is 0.269 e. The van der Waals surface area contributed by atoms with E-state index in [2.05, 4.69) is 29.7 Å². The predicted molar refractivity (Wildman–Crippen MR) is 63.6 cm³/mol. The molecule has 1 heterocycles. The van der Waals surface area contributed by atoms with Crippen molar-refractivity contribution >= 4 is 11.7 Å². The van der Waals surface area contributed by atoms with E-state index in [0.717, 1.165) is 12.8 Å². The van der Waals surface area contributed by atoms with E-state index < -0.39 is 0 Å². The molecule has 1 rings (SSSR count). The number of rotatable bonds is 5. The molecule has 0 spiro atoms. The summed E-state index contributed by atoms with van der Waals surface area (Å²) in [6.45, 7) is 4.12. The summed E-state index contributed by atoms with van der Waals surface area (Å²) >= 11 is 0. The lowest BCUT2D eigenvalue weighted by Gasteiger charge is -2.15. The first-order valence-electron chi connectivity index (χ1n) is 5.45. The summed E-state index contributed by atoms with van der Waals surface area (Å²) in [7, 11) is 0. The van der Waals surface area contributed by atoms with Gasteiger partial charge >= 0.3 is 0 Å². The molecular formula is C11H18N4O. The van der Waals surface area contributed by atoms with Crippen LogP contribution in [0.25, 0.3) is 0 Å². The average Bonchev–Trinajstić information content (AvgIpc) is 2.30. The van der Waals surface area contributed by atoms with E-state index in [9.17, 15) is 4.79 Å². The first-order valence-corrected chi connectivity index (χ1v) is 5.45. The quantitative estimate of drug-likeness (QED) is 0.651. The van der Waals surface area contributed by atoms with Crippen LogP contribution in [0.2, 0.25) is 0 Å². The minimum absolute atomic E-state index is 0.242. The average molecular weight is 222 g/mol. The summed E-state index contributed by atoms with van der Waals surface area (Å²) in [6.07, 6.45) is 3.47. The van der Waals surface area contributed by atoms with E-state index in [-0.39, 0.29) is 17.8 Å². The van der Waals surface area contributed by atoms with Crippen molar-refractivity contribution in [2.45, 2.75) is 32.7 Å². The zero-order valence-corrected chi connectivity index (χ0v) is 9.66. The van der Waals surface area contributed by atoms with Gasteiger partial charge in [-0.25, -0.2) is 10.4 Å². The van der Waals surface area contributed by atoms with Crippen molar-refractivity contribution in [2.75, 3.05) is 5.73 Å². The number of pyridine rings is 1. The fourth-order valence-electron chi connectivity index (χ4n) is 1.34. The molecule has 5 nitrogen and oxygen atoms in total. The number of aromatic nitrogens is 1. The van der Waals surface area contributed by atoms with Crippen molar-refractivity contribution in [3.8, 4) is 0 Å². The molecule has 0 fully saturated rings. The maximum absolute atomic E-state index is 11.7. The zero-order valence-electron chi connectivity index (χ0n) is 9.66. The number of nitrogens with zero attached hydrogens (tertiary/aromatic N) is 1. The van der Waals surface area contributed by atoms with E-state index in [4.69, 9.17) is 5.73 Å². The van der Waals surface area contributed by atoms with E-state index >= 15 is 0 Å². The lowest BCUT2D eigenvalue weighted by Crippen LogP contribution is -2.44. The van der Waals surface area contributed by atoms with Gasteiger partial charge in [-0.3, -0.25) is 10.2 Å². The Morgan fingerprint density at radius 1 is 1.50 bits per heavy atom. The molecule has 0 bridgehead atoms. The number of carbonyl (C=O) groups excluding carboxylic acids is 1. The molecular weight excluding hydrogens is 204 g/mol. The van der Waals surface area contributed by atoms with Crippen molar-refractivity contribution in [2.24, 2.45) is 0 Å². The summed E-state index contributed by atoms with van der Waals surface area (Å²) in [4.78, 5) is 15.6. The standard InChI is InChI=1S/C11H18N4O/c1-3-8(4-2)14-15-11(16)9-6-5-7-13-10(9)12/h5-8,14H,3-4H2,1-2H3,(H2,12,13)(H,15,16). The van der Waals surface area contributed by atoms with Crippen LogP contribution in [0.4, 0.5) is 5.82 Å². The molecule has 0 atom stereocenters. The lowest BCUT2D eigenvalue weighted by atomic mass is 10.2. The highest BCUT2D eigenvalue weighted by Gasteiger charge is 2.10. The molecule has 0 aliphatic heterocycles. The van der Waals surface area contributed by atoms with Crippen molar-refractivity contribution in [3.63, 3.8) is 0 Å². The Morgan fingerprint density at radius 2 is 2.19 bits per heavy atom. The number of hydrazine groups is 1. The summed E-state index contributed by atoms with van der Waals surface area (Å²) in [5.74, 6) is -0.0103. The normalized spacial score (nSPS) is 10.4. The number of nitrogen functional groups attached to an aromatic ring is 1. The second kappa shape index (κ2) is 6.07. The Morgan fingerprint density at radius 3 is 2.75 bits per heavy atom. The van der Waals surface area contributed by atoms with Gasteiger partial charge in [0.1, 0.15) is 5.82 Å². The molecule has 5 heteroatoms. The van der Waals surface area contributed by atoms with Gasteiger partial charge in [0.05, 0.1) is 5.56 Å². The van der Waals surface area contributed by atoms with Crippen LogP contribution in [0, 0.1) is 0 Å². The molecule has 4 N–H and O–H groups in total. The first-order chi connectivity index (χ1) is 7.69. The third kappa shape index (κ3) is 3.20. The number of amides is 1. The summed E-state index contributed by atoms with van der Waals surface area (Å²) in [5.41, 5.74) is 11.6. The summed E-state index contributed by atoms with van der Waals surface area (Å²) in [6, 6.07) is 3.61. The fourth-order valence-corrected chi connectivity index (χ4v) is 1.34. The Hall–Kier alpha value is -1.62. The Labute approximate surface area is 95.4 Å². The molecule has 0 aliphatic carbocycles. The van der Waals surface area contributed by atoms with E-state index in [1.54, 1.807) is 18.3 Å². The zero-order chi connectivity index (χ0) is 12.0. The SMILES string of the molecule is CCC(CC)NNC(=O)c1cccnc1N. The number of hydrogen-bond donors (Lipinski definition) is 3. The van der Waals surface area contributed by atoms with Crippen molar-refractivity contribution < 1.29 is 4.79 Å². The van der Waals surface area contributed by atoms with Crippen LogP contribution < -0.4 is 16.6 Å². The minimum Gasteiger partial charge on any atom is -0.383 e. The monoisotopic (exact) mass is 222 g/mol. The third-order valence-corrected chi connectivity index (χ3v) is 2.46. The number of carbonyl (C=O) groups is 1. The molecule has 88 valence electrons. The summed E-state index contributed by atoms with van der Waals surface area (Å²) < 4.78 is 0. The van der Waals surface area contributed by atoms with Gasteiger partial charge in [-0.15, -0.1) is 0 Å². The second-order valence-electron chi connectivity index (χ2n) is 3.55. The van der Waals surface area contributed by atoms with Gasteiger partial charge in [0.25, 0.3) is 5.91 Å². The first kappa shape index (κ1) is 12.4. The van der Waals surface area contributed by atoms with Crippen molar-refractivity contribution in [3.05, 3.63) is 23.9 Å². The molecule has 1 aromatic heterocycles. The van der Waals surface area contributed by atoms with Crippen LogP contribution >= 0.6 is 0 Å². The third-order valence-electron chi connectivity index (χ3n) is 2.46. The Kier molecular flexibility index (Phi) is 4.72. The van der Waals surface area contributed by atoms with Gasteiger partial charge in [-0.2, -0.15) is 0 Å². The Balaban J connectivity index is 2.56. The highest BCUT2D eigenvalue weighted by atomic mass is 16.2. The van der Waals surface area contributed by atoms with E-state index in [1.807, 2.05) is 0 Å². The molecule has 0 saturated heterocycles. The van der Waals surface area contributed by atoms with Gasteiger partial charge in [-0.1, -0.05) is 13.8 Å². The largest absolute Gasteiger partial charge is 0.383 e. The van der Waals surface area contributed by atoms with E-state index in [0.29, 0.717) is 5.56 Å². The van der Waals surface area contributed by atoms with Crippen LogP contribution in [0.5, 0.6) is 0 Å². The van der Waals surface area contributed by atoms with Gasteiger partial charge in [-0.05, 0) is 25.0 Å². The molecule has 0 unspecified atom stereocenters. The van der Waals surface area contributed by atoms with Crippen LogP contribution in [-0.4, -0.2) is 16.9 Å². The molecule has 0 aliphatic rings. The number of hydrogen-bond acceptors (Lipinski definition) is 4. The predicted octanol–water partition coefficient (Wildman–Crippen LogP) is 1.09. The maximum atomic E-state index is 11.7. The highest BCUT2D eigenvalue weighted by molar-refractivity contribution is 5.97. The lowest BCUT2D eigenvalue weighted by molar-refractivity contribution is 0.0924. The molecule has 1 amide bonds. The maximum Gasteiger partial charge on any atom is 0.269 e. The second-order valence-corrected chi connectivity index (χ2v) is 3.55. The Bertz CT molecular complexity index is 350. The van der Waals surface area contributed by atoms with Crippen LogP contribution in [-0.2, 0) is 0 Å². The number of anilines is 1. The van der Waals surface area contributed by atoms with Gasteiger partial charge in [0.2, 0.25) is 0 Å². The molecule has 0 aromatic carbocycles. The van der Waals surface area contributed by atoms with E-state index in [1.165, 1.54) is 0 Å². The number of nitrogens with one attached hydrogen (secondary N) is 2. The molecule has 1 aromatic rings. The fraction of sp³-hybridized carbons (Fsp3) is 0.455. The van der Waals surface area contributed by atoms with Gasteiger partial charge in [0, 0.05) is 12.2 Å². The van der Waals surface area contributed by atoms with Crippen LogP contribution in [0.3, 0.4) is 0 Å². The topological polar surface area (TPSA) is 80.0 Å². The van der Waals surface area contributed by atoms with Crippen LogP contribution in [0.15, 0.2) is 18.3 Å². The molecule has 16 heavy (non-hydrogen) atoms. The molecule has 0 radical (unpaired) electrons. The highest BCUT2D eigenvalue weighted by Crippen LogP contribution is 2.05. The van der Waals surface area contributed by atoms with Crippen LogP contribution in [0.1, 0.15) is 37.0 Å². The summed E-state index contributed by atoms with van der Waals surface area (Å²) in [5, 5.41) is 0. The van der Waals surface area contributed by atoms with Gasteiger partial charge < -0.3 is 5.73 Å².